The maximum atomic E-state index is 6.24. The summed E-state index contributed by atoms with van der Waals surface area (Å²) in [6.07, 6.45) is 2.84. The van der Waals surface area contributed by atoms with Gasteiger partial charge < -0.3 is 5.73 Å². The molecule has 0 fully saturated rings. The molecule has 0 aromatic heterocycles. The Balaban J connectivity index is 1.89. The van der Waals surface area contributed by atoms with Crippen LogP contribution in [0.2, 0.25) is 5.02 Å². The van der Waals surface area contributed by atoms with Gasteiger partial charge in [0.2, 0.25) is 0 Å². The van der Waals surface area contributed by atoms with Gasteiger partial charge in [0.25, 0.3) is 0 Å². The van der Waals surface area contributed by atoms with Crippen LogP contribution in [0, 0.1) is 6.92 Å². The van der Waals surface area contributed by atoms with Crippen LogP contribution in [0.3, 0.4) is 0 Å². The Labute approximate surface area is 120 Å². The normalized spacial score (nSPS) is 12.4. The van der Waals surface area contributed by atoms with Crippen molar-refractivity contribution in [1.82, 2.24) is 0 Å². The van der Waals surface area contributed by atoms with Crippen LogP contribution in [0.5, 0.6) is 0 Å². The van der Waals surface area contributed by atoms with Crippen LogP contribution >= 0.6 is 11.6 Å². The van der Waals surface area contributed by atoms with E-state index in [1.54, 1.807) is 0 Å². The zero-order valence-corrected chi connectivity index (χ0v) is 12.0. The van der Waals surface area contributed by atoms with Crippen molar-refractivity contribution in [2.75, 3.05) is 0 Å². The van der Waals surface area contributed by atoms with Gasteiger partial charge in [0.15, 0.2) is 0 Å². The minimum atomic E-state index is 0.153. The van der Waals surface area contributed by atoms with E-state index in [-0.39, 0.29) is 6.04 Å². The number of aryl methyl sites for hydroxylation is 2. The Morgan fingerprint density at radius 2 is 1.84 bits per heavy atom. The number of hydrogen-bond donors (Lipinski definition) is 1. The smallest absolute Gasteiger partial charge is 0.0441 e. The zero-order chi connectivity index (χ0) is 13.7. The van der Waals surface area contributed by atoms with Crippen molar-refractivity contribution in [1.29, 1.82) is 0 Å². The number of rotatable bonds is 5. The van der Waals surface area contributed by atoms with Crippen LogP contribution in [0.4, 0.5) is 0 Å². The minimum Gasteiger partial charge on any atom is -0.327 e. The molecule has 1 unspecified atom stereocenters. The van der Waals surface area contributed by atoms with Gasteiger partial charge in [0.1, 0.15) is 0 Å². The number of hydrogen-bond acceptors (Lipinski definition) is 1. The molecule has 19 heavy (non-hydrogen) atoms. The third-order valence-corrected chi connectivity index (χ3v) is 3.69. The second kappa shape index (κ2) is 6.74. The molecule has 0 amide bonds. The van der Waals surface area contributed by atoms with E-state index in [2.05, 4.69) is 36.4 Å². The first-order chi connectivity index (χ1) is 9.15. The Bertz CT molecular complexity index is 522. The summed E-state index contributed by atoms with van der Waals surface area (Å²) in [7, 11) is 0. The number of halogens is 1. The first-order valence-corrected chi connectivity index (χ1v) is 7.07. The highest BCUT2D eigenvalue weighted by Gasteiger charge is 2.07. The lowest BCUT2D eigenvalue weighted by molar-refractivity contribution is 0.610. The van der Waals surface area contributed by atoms with Crippen LogP contribution in [-0.4, -0.2) is 6.04 Å². The van der Waals surface area contributed by atoms with Crippen molar-refractivity contribution in [2.45, 2.75) is 32.2 Å². The molecule has 0 heterocycles. The van der Waals surface area contributed by atoms with Crippen molar-refractivity contribution in [2.24, 2.45) is 5.73 Å². The molecule has 1 atom stereocenters. The fraction of sp³-hybridized carbons (Fsp3) is 0.294. The van der Waals surface area contributed by atoms with Gasteiger partial charge in [-0.2, -0.15) is 0 Å². The molecule has 0 bridgehead atoms. The molecule has 0 aliphatic rings. The third kappa shape index (κ3) is 4.38. The van der Waals surface area contributed by atoms with Crippen LogP contribution in [0.25, 0.3) is 0 Å². The van der Waals surface area contributed by atoms with E-state index in [0.717, 1.165) is 29.8 Å². The lowest BCUT2D eigenvalue weighted by Gasteiger charge is -2.13. The lowest BCUT2D eigenvalue weighted by atomic mass is 9.99. The molecule has 0 aliphatic heterocycles. The molecular weight excluding hydrogens is 254 g/mol. The van der Waals surface area contributed by atoms with Crippen LogP contribution in [0.15, 0.2) is 48.5 Å². The predicted octanol–water partition coefficient (Wildman–Crippen LogP) is 4.15. The first-order valence-electron chi connectivity index (χ1n) is 6.69. The summed E-state index contributed by atoms with van der Waals surface area (Å²) in [5.74, 6) is 0. The van der Waals surface area contributed by atoms with E-state index >= 15 is 0 Å². The summed E-state index contributed by atoms with van der Waals surface area (Å²) in [5, 5.41) is 0.829. The van der Waals surface area contributed by atoms with Gasteiger partial charge in [0.05, 0.1) is 0 Å². The molecule has 100 valence electrons. The SMILES string of the molecule is Cc1ccc(CC(N)CCc2ccccc2)c(Cl)c1. The van der Waals surface area contributed by atoms with E-state index in [0.29, 0.717) is 0 Å². The highest BCUT2D eigenvalue weighted by Crippen LogP contribution is 2.19. The van der Waals surface area contributed by atoms with E-state index in [9.17, 15) is 0 Å². The number of nitrogens with two attached hydrogens (primary N) is 1. The standard InChI is InChI=1S/C17H20ClN/c1-13-7-9-15(17(18)11-13)12-16(19)10-8-14-5-3-2-4-6-14/h2-7,9,11,16H,8,10,12,19H2,1H3. The highest BCUT2D eigenvalue weighted by molar-refractivity contribution is 6.31. The summed E-state index contributed by atoms with van der Waals surface area (Å²) in [6.45, 7) is 2.05. The Hall–Kier alpha value is -1.31. The largest absolute Gasteiger partial charge is 0.327 e. The molecule has 0 aliphatic carbocycles. The summed E-state index contributed by atoms with van der Waals surface area (Å²) in [4.78, 5) is 0. The topological polar surface area (TPSA) is 26.0 Å². The zero-order valence-electron chi connectivity index (χ0n) is 11.3. The van der Waals surface area contributed by atoms with Crippen molar-refractivity contribution >= 4 is 11.6 Å². The monoisotopic (exact) mass is 273 g/mol. The van der Waals surface area contributed by atoms with Crippen molar-refractivity contribution in [3.63, 3.8) is 0 Å². The highest BCUT2D eigenvalue weighted by atomic mass is 35.5. The van der Waals surface area contributed by atoms with Crippen molar-refractivity contribution < 1.29 is 0 Å². The minimum absolute atomic E-state index is 0.153. The molecule has 1 nitrogen and oxygen atoms in total. The molecule has 0 saturated carbocycles. The van der Waals surface area contributed by atoms with Gasteiger partial charge in [-0.25, -0.2) is 0 Å². The Kier molecular flexibility index (Phi) is 5.00. The van der Waals surface area contributed by atoms with Gasteiger partial charge in [-0.3, -0.25) is 0 Å². The maximum Gasteiger partial charge on any atom is 0.0441 e. The van der Waals surface area contributed by atoms with Gasteiger partial charge >= 0.3 is 0 Å². The molecule has 2 rings (SSSR count). The average Bonchev–Trinajstić information content (AvgIpc) is 2.41. The third-order valence-electron chi connectivity index (χ3n) is 3.34. The lowest BCUT2D eigenvalue weighted by Crippen LogP contribution is -2.23. The van der Waals surface area contributed by atoms with Gasteiger partial charge in [-0.05, 0) is 48.9 Å². The molecule has 2 N–H and O–H groups in total. The van der Waals surface area contributed by atoms with E-state index < -0.39 is 0 Å². The van der Waals surface area contributed by atoms with Crippen LogP contribution in [-0.2, 0) is 12.8 Å². The molecular formula is C17H20ClN. The van der Waals surface area contributed by atoms with Crippen LogP contribution < -0.4 is 5.73 Å². The Morgan fingerprint density at radius 3 is 2.53 bits per heavy atom. The first kappa shape index (κ1) is 14.1. The predicted molar refractivity (Wildman–Crippen MR) is 82.6 cm³/mol. The fourth-order valence-corrected chi connectivity index (χ4v) is 2.51. The second-order valence-corrected chi connectivity index (χ2v) is 5.49. The van der Waals surface area contributed by atoms with Gasteiger partial charge in [-0.1, -0.05) is 54.1 Å². The molecule has 0 radical (unpaired) electrons. The van der Waals surface area contributed by atoms with Crippen molar-refractivity contribution in [3.05, 3.63) is 70.2 Å². The van der Waals surface area contributed by atoms with E-state index in [1.807, 2.05) is 19.1 Å². The molecule has 0 saturated heterocycles. The Morgan fingerprint density at radius 1 is 1.11 bits per heavy atom. The molecule has 2 heteroatoms. The summed E-state index contributed by atoms with van der Waals surface area (Å²) >= 11 is 6.24. The molecule has 2 aromatic carbocycles. The quantitative estimate of drug-likeness (QED) is 0.870. The van der Waals surface area contributed by atoms with Crippen molar-refractivity contribution in [3.8, 4) is 0 Å². The average molecular weight is 274 g/mol. The number of benzene rings is 2. The van der Waals surface area contributed by atoms with E-state index in [1.165, 1.54) is 11.1 Å². The maximum absolute atomic E-state index is 6.24. The van der Waals surface area contributed by atoms with Gasteiger partial charge in [0, 0.05) is 11.1 Å². The van der Waals surface area contributed by atoms with Gasteiger partial charge in [-0.15, -0.1) is 0 Å². The molecule has 2 aromatic rings. The van der Waals surface area contributed by atoms with Crippen LogP contribution in [0.1, 0.15) is 23.1 Å². The molecule has 0 spiro atoms. The van der Waals surface area contributed by atoms with E-state index in [4.69, 9.17) is 17.3 Å². The second-order valence-electron chi connectivity index (χ2n) is 5.08. The summed E-state index contributed by atoms with van der Waals surface area (Å²) in [6, 6.07) is 16.8. The summed E-state index contributed by atoms with van der Waals surface area (Å²) in [5.41, 5.74) is 9.88. The summed E-state index contributed by atoms with van der Waals surface area (Å²) < 4.78 is 0. The fourth-order valence-electron chi connectivity index (χ4n) is 2.20.